The summed E-state index contributed by atoms with van der Waals surface area (Å²) in [6.45, 7) is 5.91. The van der Waals surface area contributed by atoms with Gasteiger partial charge in [0.25, 0.3) is 0 Å². The van der Waals surface area contributed by atoms with E-state index < -0.39 is 144 Å². The third-order valence-electron chi connectivity index (χ3n) is 8.44. The van der Waals surface area contributed by atoms with Crippen molar-refractivity contribution < 1.29 is 87.8 Å². The molecule has 0 aliphatic rings. The van der Waals surface area contributed by atoms with E-state index in [2.05, 4.69) is 4.98 Å². The molecular formula is C33H11BF20N2. The topological polar surface area (TPSA) is 28.1 Å². The number of nitrogens with zero attached hydrogens (tertiary/aromatic N) is 2. The first-order chi connectivity index (χ1) is 25.8. The molecule has 0 amide bonds. The lowest BCUT2D eigenvalue weighted by atomic mass is 9.12. The van der Waals surface area contributed by atoms with Crippen molar-refractivity contribution in [1.82, 2.24) is 0 Å². The maximum Gasteiger partial charge on any atom is 0.390 e. The molecule has 0 aliphatic carbocycles. The Morgan fingerprint density at radius 1 is 0.321 bits per heavy atom. The molecule has 2 nitrogen and oxygen atoms in total. The average molecular weight is 826 g/mol. The van der Waals surface area contributed by atoms with Crippen molar-refractivity contribution in [2.45, 2.75) is 20.8 Å². The Kier molecular flexibility index (Phi) is 11.5. The van der Waals surface area contributed by atoms with Gasteiger partial charge in [-0.3, -0.25) is 0 Å². The second-order valence-electron chi connectivity index (χ2n) is 11.6. The van der Waals surface area contributed by atoms with Gasteiger partial charge in [-0.1, -0.05) is 5.56 Å². The molecule has 5 aromatic carbocycles. The maximum atomic E-state index is 15.4. The molecule has 0 fully saturated rings. The fraction of sp³-hybridized carbons (Fsp3) is 0.0909. The fourth-order valence-electron chi connectivity index (χ4n) is 6.20. The van der Waals surface area contributed by atoms with E-state index in [1.165, 1.54) is 5.56 Å². The van der Waals surface area contributed by atoms with Gasteiger partial charge in [0.1, 0.15) is 52.7 Å². The highest BCUT2D eigenvalue weighted by Crippen LogP contribution is 2.31. The van der Waals surface area contributed by atoms with Crippen LogP contribution in [0.3, 0.4) is 0 Å². The molecule has 0 aromatic heterocycles. The zero-order chi connectivity index (χ0) is 42.8. The van der Waals surface area contributed by atoms with E-state index >= 15 is 35.1 Å². The van der Waals surface area contributed by atoms with E-state index in [4.69, 9.17) is 5.39 Å². The van der Waals surface area contributed by atoms with Gasteiger partial charge in [-0.2, -0.15) is 0 Å². The minimum Gasteiger partial charge on any atom is -0.207 e. The van der Waals surface area contributed by atoms with Crippen molar-refractivity contribution in [3.05, 3.63) is 150 Å². The number of hydrogen-bond acceptors (Lipinski definition) is 1. The lowest BCUT2D eigenvalue weighted by molar-refractivity contribution is 0.378. The minimum absolute atomic E-state index is 0.690. The molecule has 0 atom stereocenters. The molecule has 0 N–H and O–H groups in total. The third kappa shape index (κ3) is 6.14. The van der Waals surface area contributed by atoms with Crippen LogP contribution >= 0.6 is 0 Å². The Morgan fingerprint density at radius 2 is 0.482 bits per heavy atom. The molecular weight excluding hydrogens is 815 g/mol. The van der Waals surface area contributed by atoms with Gasteiger partial charge in [0.05, 0.1) is 0 Å². The standard InChI is InChI=1S/C24BF20.C9H11N2/c26-5-1(6(27)14(35)21(42)13(5)34)25(2-7(28)15(36)22(43)16(37)8(2)29,3-9(30)17(38)23(44)18(39)10(3)31)4-11(32)19(40)24(45)20(41)12(4)33;1-6-4-7(2)9(11-10)8(3)5-6/h;4-5H,1-3H3/q-1;+1. The first-order valence-corrected chi connectivity index (χ1v) is 14.5. The summed E-state index contributed by atoms with van der Waals surface area (Å²) in [5.41, 5.74) is -10.4. The van der Waals surface area contributed by atoms with Gasteiger partial charge in [0, 0.05) is 11.1 Å². The van der Waals surface area contributed by atoms with Crippen LogP contribution in [-0.2, 0) is 0 Å². The lowest BCUT2D eigenvalue weighted by Gasteiger charge is -2.44. The van der Waals surface area contributed by atoms with Crippen molar-refractivity contribution in [3.8, 4) is 0 Å². The molecule has 5 aromatic rings. The highest BCUT2D eigenvalue weighted by atomic mass is 19.2. The SMILES string of the molecule is Cc1cc(C)c([N+]#N)c(C)c1.Fc1c(F)c(F)c([B-](c2c(F)c(F)c(F)c(F)c2F)(c2c(F)c(F)c(F)c(F)c2F)c2c(F)c(F)c(F)c(F)c2F)c(F)c1F. The van der Waals surface area contributed by atoms with Gasteiger partial charge in [0.2, 0.25) is 5.39 Å². The van der Waals surface area contributed by atoms with E-state index in [9.17, 15) is 52.7 Å². The summed E-state index contributed by atoms with van der Waals surface area (Å²) in [6, 6.07) is 4.00. The first-order valence-electron chi connectivity index (χ1n) is 14.5. The highest BCUT2D eigenvalue weighted by molar-refractivity contribution is 7.20. The Morgan fingerprint density at radius 3 is 0.643 bits per heavy atom. The van der Waals surface area contributed by atoms with E-state index in [0.29, 0.717) is 5.69 Å². The largest absolute Gasteiger partial charge is 0.390 e. The minimum atomic E-state index is -7.22. The summed E-state index contributed by atoms with van der Waals surface area (Å²) in [6.07, 6.45) is -7.22. The first kappa shape index (κ1) is 42.9. The Bertz CT molecular complexity index is 2130. The van der Waals surface area contributed by atoms with E-state index in [0.717, 1.165) is 11.1 Å². The summed E-state index contributed by atoms with van der Waals surface area (Å²) in [5, 5.41) is 8.62. The Balaban J connectivity index is 0.000000544. The number of halogens is 20. The molecule has 0 aliphatic heterocycles. The molecule has 0 unspecified atom stereocenters. The van der Waals surface area contributed by atoms with Gasteiger partial charge in [0.15, 0.2) is 74.8 Å². The predicted molar refractivity (Wildman–Crippen MR) is 155 cm³/mol. The Hall–Kier alpha value is -5.82. The lowest BCUT2D eigenvalue weighted by Crippen LogP contribution is -2.81. The van der Waals surface area contributed by atoms with Crippen LogP contribution in [0.5, 0.6) is 0 Å². The average Bonchev–Trinajstić information content (AvgIpc) is 3.14. The van der Waals surface area contributed by atoms with E-state index in [1.54, 1.807) is 0 Å². The van der Waals surface area contributed by atoms with Crippen molar-refractivity contribution in [1.29, 1.82) is 5.39 Å². The van der Waals surface area contributed by atoms with Crippen molar-refractivity contribution in [3.63, 3.8) is 0 Å². The molecule has 0 spiro atoms. The summed E-state index contributed by atoms with van der Waals surface area (Å²) < 4.78 is 294. The zero-order valence-corrected chi connectivity index (χ0v) is 27.2. The third-order valence-corrected chi connectivity index (χ3v) is 8.44. The van der Waals surface area contributed by atoms with Crippen LogP contribution in [-0.4, -0.2) is 6.15 Å². The van der Waals surface area contributed by atoms with Crippen molar-refractivity contribution in [2.24, 2.45) is 0 Å². The highest BCUT2D eigenvalue weighted by Gasteiger charge is 2.52. The van der Waals surface area contributed by atoms with Crippen LogP contribution < -0.4 is 21.9 Å². The second-order valence-corrected chi connectivity index (χ2v) is 11.6. The van der Waals surface area contributed by atoms with Gasteiger partial charge < -0.3 is 0 Å². The fourth-order valence-corrected chi connectivity index (χ4v) is 6.20. The Labute approximate surface area is 298 Å². The molecule has 296 valence electrons. The van der Waals surface area contributed by atoms with Crippen LogP contribution in [0.1, 0.15) is 16.7 Å². The van der Waals surface area contributed by atoms with Gasteiger partial charge in [-0.25, -0.2) is 87.8 Å². The maximum absolute atomic E-state index is 15.4. The van der Waals surface area contributed by atoms with Crippen molar-refractivity contribution in [2.75, 3.05) is 0 Å². The summed E-state index contributed by atoms with van der Waals surface area (Å²) in [7, 11) is 0. The number of benzene rings is 5. The van der Waals surface area contributed by atoms with Crippen molar-refractivity contribution >= 4 is 33.7 Å². The monoisotopic (exact) mass is 826 g/mol. The van der Waals surface area contributed by atoms with Gasteiger partial charge in [-0.05, 0) is 32.9 Å². The molecule has 0 heterocycles. The smallest absolute Gasteiger partial charge is 0.207 e. The summed E-state index contributed by atoms with van der Waals surface area (Å²) >= 11 is 0. The summed E-state index contributed by atoms with van der Waals surface area (Å²) in [4.78, 5) is 3.21. The number of diazo groups is 1. The zero-order valence-electron chi connectivity index (χ0n) is 27.2. The normalized spacial score (nSPS) is 11.5. The number of aryl methyl sites for hydroxylation is 3. The van der Waals surface area contributed by atoms with E-state index in [1.807, 2.05) is 32.9 Å². The predicted octanol–water partition coefficient (Wildman–Crippen LogP) is 8.94. The summed E-state index contributed by atoms with van der Waals surface area (Å²) in [5.74, 6) is -71.4. The van der Waals surface area contributed by atoms with Crippen LogP contribution in [0.15, 0.2) is 12.1 Å². The van der Waals surface area contributed by atoms with Crippen LogP contribution in [0.2, 0.25) is 0 Å². The molecule has 0 bridgehead atoms. The van der Waals surface area contributed by atoms with Gasteiger partial charge in [-0.15, -0.1) is 21.9 Å². The second kappa shape index (κ2) is 15.0. The van der Waals surface area contributed by atoms with Gasteiger partial charge >= 0.3 is 5.69 Å². The quantitative estimate of drug-likeness (QED) is 0.0586. The van der Waals surface area contributed by atoms with E-state index in [-0.39, 0.29) is 0 Å². The molecule has 0 radical (unpaired) electrons. The number of hydrogen-bond donors (Lipinski definition) is 0. The van der Waals surface area contributed by atoms with Crippen LogP contribution in [0, 0.1) is 143 Å². The number of rotatable bonds is 4. The molecule has 0 saturated carbocycles. The van der Waals surface area contributed by atoms with Crippen LogP contribution in [0.4, 0.5) is 93.5 Å². The molecule has 0 saturated heterocycles. The molecule has 23 heteroatoms. The molecule has 5 rings (SSSR count). The molecule has 56 heavy (non-hydrogen) atoms. The van der Waals surface area contributed by atoms with Crippen LogP contribution in [0.25, 0.3) is 4.98 Å².